The lowest BCUT2D eigenvalue weighted by atomic mass is 10.0. The molecule has 0 rings (SSSR count). The maximum absolute atomic E-state index is 12.8. The first-order valence-electron chi connectivity index (χ1n) is 32.8. The zero-order valence-electron chi connectivity index (χ0n) is 51.8. The molecule has 1 atom stereocenters. The molecule has 452 valence electrons. The van der Waals surface area contributed by atoms with Crippen LogP contribution in [0.1, 0.15) is 284 Å². The molecular weight excluding hydrogens is 985 g/mol. The Morgan fingerprint density at radius 3 is 0.787 bits per heavy atom. The molecule has 0 aliphatic heterocycles. The van der Waals surface area contributed by atoms with Gasteiger partial charge in [0.05, 0.1) is 0 Å². The molecule has 0 spiro atoms. The van der Waals surface area contributed by atoms with Gasteiger partial charge in [0.2, 0.25) is 0 Å². The third kappa shape index (κ3) is 64.1. The minimum atomic E-state index is -0.800. The number of rotatable bonds is 58. The monoisotopic (exact) mass is 1100 g/mol. The van der Waals surface area contributed by atoms with Crippen LogP contribution < -0.4 is 0 Å². The number of allylic oxidation sites excluding steroid dienone is 24. The second-order valence-electron chi connectivity index (χ2n) is 21.3. The lowest BCUT2D eigenvalue weighted by Crippen LogP contribution is -2.30. The molecule has 80 heavy (non-hydrogen) atoms. The SMILES string of the molecule is CC/C=C\C/C=C\C/C=C\C/C=C\C/C=C\C/C=C\C/C=C\C/C=C\C/C=C\C/C=C\CCCCC(=O)OCC(COC(=O)CCCCCCCC)OC(=O)CCCCCCCCCCCCC/C=C\C/C=C\CCCCCCC. The first-order valence-corrected chi connectivity index (χ1v) is 32.8. The van der Waals surface area contributed by atoms with E-state index >= 15 is 0 Å². The van der Waals surface area contributed by atoms with Crippen LogP contribution in [-0.4, -0.2) is 37.2 Å². The summed E-state index contributed by atoms with van der Waals surface area (Å²) >= 11 is 0. The van der Waals surface area contributed by atoms with Crippen LogP contribution in [0.3, 0.4) is 0 Å². The second kappa shape index (κ2) is 66.8. The summed E-state index contributed by atoms with van der Waals surface area (Å²) in [6.45, 7) is 6.42. The zero-order chi connectivity index (χ0) is 57.8. The molecule has 1 unspecified atom stereocenters. The average molecular weight is 1110 g/mol. The predicted octanol–water partition coefficient (Wildman–Crippen LogP) is 22.7. The van der Waals surface area contributed by atoms with Crippen LogP contribution >= 0.6 is 0 Å². The first-order chi connectivity index (χ1) is 39.5. The van der Waals surface area contributed by atoms with Gasteiger partial charge in [-0.25, -0.2) is 0 Å². The van der Waals surface area contributed by atoms with Crippen LogP contribution in [0.4, 0.5) is 0 Å². The molecule has 0 fully saturated rings. The lowest BCUT2D eigenvalue weighted by molar-refractivity contribution is -0.167. The average Bonchev–Trinajstić information content (AvgIpc) is 3.46. The molecule has 0 bridgehead atoms. The maximum Gasteiger partial charge on any atom is 0.306 e. The van der Waals surface area contributed by atoms with Crippen LogP contribution in [0.25, 0.3) is 0 Å². The van der Waals surface area contributed by atoms with Gasteiger partial charge in [0, 0.05) is 19.3 Å². The van der Waals surface area contributed by atoms with Gasteiger partial charge in [0.1, 0.15) is 13.2 Å². The molecular formula is C74H120O6. The van der Waals surface area contributed by atoms with Gasteiger partial charge in [0.25, 0.3) is 0 Å². The highest BCUT2D eigenvalue weighted by molar-refractivity contribution is 5.71. The maximum atomic E-state index is 12.8. The smallest absolute Gasteiger partial charge is 0.306 e. The molecule has 0 radical (unpaired) electrons. The van der Waals surface area contributed by atoms with Crippen molar-refractivity contribution < 1.29 is 28.6 Å². The summed E-state index contributed by atoms with van der Waals surface area (Å²) in [5.74, 6) is -0.954. The molecule has 0 N–H and O–H groups in total. The number of esters is 3. The van der Waals surface area contributed by atoms with Gasteiger partial charge in [-0.3, -0.25) is 14.4 Å². The van der Waals surface area contributed by atoms with Gasteiger partial charge in [-0.15, -0.1) is 0 Å². The molecule has 6 nitrogen and oxygen atoms in total. The van der Waals surface area contributed by atoms with Crippen molar-refractivity contribution in [3.8, 4) is 0 Å². The van der Waals surface area contributed by atoms with Crippen molar-refractivity contribution in [1.29, 1.82) is 0 Å². The molecule has 6 heteroatoms. The van der Waals surface area contributed by atoms with E-state index in [1.165, 1.54) is 116 Å². The Bertz CT molecular complexity index is 1750. The lowest BCUT2D eigenvalue weighted by Gasteiger charge is -2.18. The normalized spacial score (nSPS) is 13.1. The van der Waals surface area contributed by atoms with Gasteiger partial charge >= 0.3 is 17.9 Å². The highest BCUT2D eigenvalue weighted by Crippen LogP contribution is 2.15. The summed E-state index contributed by atoms with van der Waals surface area (Å²) in [6, 6.07) is 0. The van der Waals surface area contributed by atoms with Gasteiger partial charge in [-0.1, -0.05) is 282 Å². The zero-order valence-corrected chi connectivity index (χ0v) is 51.8. The Kier molecular flexibility index (Phi) is 62.9. The largest absolute Gasteiger partial charge is 0.462 e. The van der Waals surface area contributed by atoms with E-state index in [1.54, 1.807) is 0 Å². The summed E-state index contributed by atoms with van der Waals surface area (Å²) in [4.78, 5) is 38.0. The fourth-order valence-corrected chi connectivity index (χ4v) is 8.68. The van der Waals surface area contributed by atoms with Crippen molar-refractivity contribution in [3.05, 3.63) is 146 Å². The number of ether oxygens (including phenoxy) is 3. The Morgan fingerprint density at radius 1 is 0.263 bits per heavy atom. The van der Waals surface area contributed by atoms with Crippen LogP contribution in [0.5, 0.6) is 0 Å². The molecule has 0 aromatic carbocycles. The van der Waals surface area contributed by atoms with E-state index in [4.69, 9.17) is 14.2 Å². The van der Waals surface area contributed by atoms with Crippen molar-refractivity contribution in [1.82, 2.24) is 0 Å². The number of carbonyl (C=O) groups is 3. The van der Waals surface area contributed by atoms with Crippen LogP contribution in [0, 0.1) is 0 Å². The fourth-order valence-electron chi connectivity index (χ4n) is 8.68. The van der Waals surface area contributed by atoms with Gasteiger partial charge in [0.15, 0.2) is 6.10 Å². The molecule has 0 saturated heterocycles. The van der Waals surface area contributed by atoms with Crippen LogP contribution in [-0.2, 0) is 28.6 Å². The summed E-state index contributed by atoms with van der Waals surface area (Å²) in [7, 11) is 0. The van der Waals surface area contributed by atoms with Crippen molar-refractivity contribution in [2.45, 2.75) is 290 Å². The molecule has 0 aliphatic carbocycles. The van der Waals surface area contributed by atoms with E-state index < -0.39 is 6.10 Å². The summed E-state index contributed by atoms with van der Waals surface area (Å²) in [5.41, 5.74) is 0. The minimum Gasteiger partial charge on any atom is -0.462 e. The summed E-state index contributed by atoms with van der Waals surface area (Å²) in [6.07, 6.45) is 96.1. The second-order valence-corrected chi connectivity index (χ2v) is 21.3. The Balaban J connectivity index is 4.21. The topological polar surface area (TPSA) is 78.9 Å². The molecule has 0 aromatic rings. The number of unbranched alkanes of at least 4 members (excludes halogenated alkanes) is 23. The number of hydrogen-bond acceptors (Lipinski definition) is 6. The highest BCUT2D eigenvalue weighted by Gasteiger charge is 2.19. The quantitative estimate of drug-likeness (QED) is 0.0261. The molecule has 0 saturated carbocycles. The third-order valence-corrected chi connectivity index (χ3v) is 13.6. The molecule has 0 aliphatic rings. The number of hydrogen-bond donors (Lipinski definition) is 0. The van der Waals surface area contributed by atoms with E-state index in [2.05, 4.69) is 167 Å². The molecule has 0 amide bonds. The standard InChI is InChI=1S/C74H120O6/c1-4-7-10-13-16-18-20-22-24-26-28-30-32-33-34-35-36-37-38-39-40-41-43-44-46-48-50-52-54-56-58-61-64-67-73(76)79-70-71(69-78-72(75)66-63-60-15-12-9-6-3)80-74(77)68-65-62-59-57-55-53-51-49-47-45-42-31-29-27-25-23-21-19-17-14-11-8-5-2/h7,10,16,18,21-24,27-30,33-34,36-37,39-40,43-44,48,50,54,56,71H,4-6,8-9,11-15,17,19-20,25-26,31-32,35,38,41-42,45-47,49,51-53,55,57-70H2,1-3H3/b10-7-,18-16-,23-21-,24-22-,29-27-,30-28-,34-33-,37-36-,40-39-,44-43-,50-48-,56-54-. The van der Waals surface area contributed by atoms with E-state index in [1.807, 2.05) is 0 Å². The summed E-state index contributed by atoms with van der Waals surface area (Å²) < 4.78 is 16.8. The van der Waals surface area contributed by atoms with Crippen molar-refractivity contribution in [2.24, 2.45) is 0 Å². The van der Waals surface area contributed by atoms with E-state index in [-0.39, 0.29) is 31.1 Å². The Morgan fingerprint density at radius 2 is 0.487 bits per heavy atom. The van der Waals surface area contributed by atoms with Crippen molar-refractivity contribution in [2.75, 3.05) is 13.2 Å². The van der Waals surface area contributed by atoms with Crippen LogP contribution in [0.2, 0.25) is 0 Å². The minimum absolute atomic E-state index is 0.0961. The van der Waals surface area contributed by atoms with Gasteiger partial charge in [-0.2, -0.15) is 0 Å². The van der Waals surface area contributed by atoms with E-state index in [9.17, 15) is 14.4 Å². The van der Waals surface area contributed by atoms with Gasteiger partial charge in [-0.05, 0) is 128 Å². The number of carbonyl (C=O) groups excluding carboxylic acids is 3. The predicted molar refractivity (Wildman–Crippen MR) is 348 cm³/mol. The van der Waals surface area contributed by atoms with E-state index in [0.717, 1.165) is 122 Å². The summed E-state index contributed by atoms with van der Waals surface area (Å²) in [5, 5.41) is 0. The molecule has 0 aromatic heterocycles. The van der Waals surface area contributed by atoms with Crippen LogP contribution in [0.15, 0.2) is 146 Å². The van der Waals surface area contributed by atoms with Crippen molar-refractivity contribution >= 4 is 17.9 Å². The third-order valence-electron chi connectivity index (χ3n) is 13.6. The highest BCUT2D eigenvalue weighted by atomic mass is 16.6. The molecule has 0 heterocycles. The van der Waals surface area contributed by atoms with Gasteiger partial charge < -0.3 is 14.2 Å². The Labute approximate surface area is 493 Å². The first kappa shape index (κ1) is 75.3. The Hall–Kier alpha value is -4.71. The fraction of sp³-hybridized carbons (Fsp3) is 0.635. The van der Waals surface area contributed by atoms with Crippen molar-refractivity contribution in [3.63, 3.8) is 0 Å². The van der Waals surface area contributed by atoms with E-state index in [0.29, 0.717) is 25.7 Å².